The van der Waals surface area contributed by atoms with Gasteiger partial charge in [-0.3, -0.25) is 0 Å². The highest BCUT2D eigenvalue weighted by atomic mass is 32.1. The van der Waals surface area contributed by atoms with Crippen molar-refractivity contribution in [2.75, 3.05) is 19.0 Å². The lowest BCUT2D eigenvalue weighted by Crippen LogP contribution is -2.27. The molecule has 2 nitrogen and oxygen atoms in total. The third-order valence-electron chi connectivity index (χ3n) is 2.70. The third-order valence-corrected chi connectivity index (χ3v) is 3.02. The van der Waals surface area contributed by atoms with Gasteiger partial charge in [-0.2, -0.15) is 12.6 Å². The molecule has 4 heteroatoms. The van der Waals surface area contributed by atoms with Crippen molar-refractivity contribution in [1.29, 1.82) is 0 Å². The van der Waals surface area contributed by atoms with E-state index < -0.39 is 5.79 Å². The zero-order chi connectivity index (χ0) is 11.4. The van der Waals surface area contributed by atoms with Crippen molar-refractivity contribution in [2.45, 2.75) is 18.6 Å². The minimum absolute atomic E-state index is 0.244. The third kappa shape index (κ3) is 2.39. The lowest BCUT2D eigenvalue weighted by molar-refractivity contribution is -0.170. The van der Waals surface area contributed by atoms with Crippen LogP contribution < -0.4 is 0 Å². The Morgan fingerprint density at radius 1 is 1.19 bits per heavy atom. The zero-order valence-electron chi connectivity index (χ0n) is 8.99. The molecule has 1 aromatic carbocycles. The second kappa shape index (κ2) is 5.17. The van der Waals surface area contributed by atoms with Crippen LogP contribution in [0.5, 0.6) is 0 Å². The predicted molar refractivity (Wildman–Crippen MR) is 63.1 cm³/mol. The summed E-state index contributed by atoms with van der Waals surface area (Å²) in [6.45, 7) is 1.17. The van der Waals surface area contributed by atoms with E-state index in [0.29, 0.717) is 13.2 Å². The summed E-state index contributed by atoms with van der Waals surface area (Å²) < 4.78 is 24.2. The summed E-state index contributed by atoms with van der Waals surface area (Å²) in [7, 11) is 0. The summed E-state index contributed by atoms with van der Waals surface area (Å²) in [4.78, 5) is 0. The maximum Gasteiger partial charge on any atom is 0.195 e. The van der Waals surface area contributed by atoms with E-state index in [1.807, 2.05) is 0 Å². The predicted octanol–water partition coefficient (Wildman–Crippen LogP) is 2.74. The molecule has 0 N–H and O–H groups in total. The van der Waals surface area contributed by atoms with E-state index in [2.05, 4.69) is 12.6 Å². The molecule has 16 heavy (non-hydrogen) atoms. The van der Waals surface area contributed by atoms with Crippen molar-refractivity contribution < 1.29 is 13.9 Å². The van der Waals surface area contributed by atoms with Gasteiger partial charge in [0.2, 0.25) is 0 Å². The van der Waals surface area contributed by atoms with Gasteiger partial charge in [-0.25, -0.2) is 4.39 Å². The first-order chi connectivity index (χ1) is 7.77. The van der Waals surface area contributed by atoms with Gasteiger partial charge >= 0.3 is 0 Å². The Hall–Kier alpha value is -0.580. The van der Waals surface area contributed by atoms with Crippen molar-refractivity contribution in [3.63, 3.8) is 0 Å². The smallest absolute Gasteiger partial charge is 0.195 e. The average molecular weight is 242 g/mol. The molecule has 0 spiro atoms. The largest absolute Gasteiger partial charge is 0.343 e. The van der Waals surface area contributed by atoms with Crippen LogP contribution >= 0.6 is 12.6 Å². The molecule has 1 saturated heterocycles. The Morgan fingerprint density at radius 3 is 2.38 bits per heavy atom. The van der Waals surface area contributed by atoms with E-state index in [4.69, 9.17) is 9.47 Å². The van der Waals surface area contributed by atoms with Gasteiger partial charge in [-0.1, -0.05) is 12.1 Å². The normalized spacial score (nSPS) is 18.9. The molecule has 0 unspecified atom stereocenters. The highest BCUT2D eigenvalue weighted by Gasteiger charge is 2.37. The molecule has 2 rings (SSSR count). The maximum absolute atomic E-state index is 12.9. The van der Waals surface area contributed by atoms with E-state index in [9.17, 15) is 4.39 Å². The highest BCUT2D eigenvalue weighted by Crippen LogP contribution is 2.36. The van der Waals surface area contributed by atoms with Crippen LogP contribution in [0.1, 0.15) is 18.4 Å². The van der Waals surface area contributed by atoms with Crippen LogP contribution in [0.25, 0.3) is 0 Å². The fourth-order valence-electron chi connectivity index (χ4n) is 1.93. The lowest BCUT2D eigenvalue weighted by Gasteiger charge is -2.27. The van der Waals surface area contributed by atoms with E-state index in [1.54, 1.807) is 12.1 Å². The maximum atomic E-state index is 12.9. The molecular formula is C12H15FO2S. The first-order valence-corrected chi connectivity index (χ1v) is 6.05. The summed E-state index contributed by atoms with van der Waals surface area (Å²) in [6, 6.07) is 6.31. The lowest BCUT2D eigenvalue weighted by atomic mass is 10.0. The van der Waals surface area contributed by atoms with Crippen LogP contribution in [0, 0.1) is 5.82 Å². The van der Waals surface area contributed by atoms with Gasteiger partial charge in [0.15, 0.2) is 5.79 Å². The average Bonchev–Trinajstić information content (AvgIpc) is 2.77. The van der Waals surface area contributed by atoms with Gasteiger partial charge in [0.05, 0.1) is 13.2 Å². The summed E-state index contributed by atoms with van der Waals surface area (Å²) in [5, 5.41) is 0. The number of rotatable bonds is 4. The highest BCUT2D eigenvalue weighted by molar-refractivity contribution is 7.80. The Kier molecular flexibility index (Phi) is 3.84. The van der Waals surface area contributed by atoms with Crippen LogP contribution in [0.4, 0.5) is 4.39 Å². The molecule has 0 amide bonds. The molecule has 0 atom stereocenters. The Labute approximate surface area is 100 Å². The van der Waals surface area contributed by atoms with Crippen LogP contribution in [0.15, 0.2) is 24.3 Å². The van der Waals surface area contributed by atoms with Crippen molar-refractivity contribution in [3.05, 3.63) is 35.6 Å². The summed E-state index contributed by atoms with van der Waals surface area (Å²) in [5.74, 6) is -0.141. The molecule has 0 radical (unpaired) electrons. The van der Waals surface area contributed by atoms with Crippen molar-refractivity contribution in [1.82, 2.24) is 0 Å². The monoisotopic (exact) mass is 242 g/mol. The van der Waals surface area contributed by atoms with Crippen molar-refractivity contribution >= 4 is 12.6 Å². The van der Waals surface area contributed by atoms with Gasteiger partial charge in [0.1, 0.15) is 5.82 Å². The fourth-order valence-corrected chi connectivity index (χ4v) is 2.08. The van der Waals surface area contributed by atoms with Crippen LogP contribution in [-0.4, -0.2) is 19.0 Å². The molecule has 1 fully saturated rings. The van der Waals surface area contributed by atoms with E-state index in [-0.39, 0.29) is 5.82 Å². The van der Waals surface area contributed by atoms with Crippen LogP contribution in [-0.2, 0) is 15.3 Å². The van der Waals surface area contributed by atoms with Gasteiger partial charge in [0, 0.05) is 12.0 Å². The van der Waals surface area contributed by atoms with Gasteiger partial charge in [-0.05, 0) is 24.3 Å². The molecule has 1 aliphatic rings. The standard InChI is InChI=1S/C12H15FO2S/c13-11-4-2-10(3-5-11)12(6-1-9-16)14-7-8-15-12/h2-5,16H,1,6-9H2. The van der Waals surface area contributed by atoms with Crippen LogP contribution in [0.2, 0.25) is 0 Å². The van der Waals surface area contributed by atoms with Crippen molar-refractivity contribution in [2.24, 2.45) is 0 Å². The first-order valence-electron chi connectivity index (χ1n) is 5.42. The number of ether oxygens (including phenoxy) is 2. The Balaban J connectivity index is 2.21. The molecule has 88 valence electrons. The number of hydrogen-bond donors (Lipinski definition) is 1. The van der Waals surface area contributed by atoms with Crippen LogP contribution in [0.3, 0.4) is 0 Å². The quantitative estimate of drug-likeness (QED) is 0.818. The van der Waals surface area contributed by atoms with E-state index >= 15 is 0 Å². The number of benzene rings is 1. The number of thiol groups is 1. The fraction of sp³-hybridized carbons (Fsp3) is 0.500. The van der Waals surface area contributed by atoms with Crippen molar-refractivity contribution in [3.8, 4) is 0 Å². The number of halogens is 1. The molecule has 0 bridgehead atoms. The van der Waals surface area contributed by atoms with E-state index in [1.165, 1.54) is 12.1 Å². The summed E-state index contributed by atoms with van der Waals surface area (Å²) in [5.41, 5.74) is 0.883. The van der Waals surface area contributed by atoms with Gasteiger partial charge in [-0.15, -0.1) is 0 Å². The molecule has 0 aliphatic carbocycles. The van der Waals surface area contributed by atoms with Gasteiger partial charge in [0.25, 0.3) is 0 Å². The van der Waals surface area contributed by atoms with Gasteiger partial charge < -0.3 is 9.47 Å². The molecule has 0 aromatic heterocycles. The minimum atomic E-state index is -0.684. The topological polar surface area (TPSA) is 18.5 Å². The number of hydrogen-bond acceptors (Lipinski definition) is 3. The molecule has 1 heterocycles. The second-order valence-electron chi connectivity index (χ2n) is 3.78. The molecule has 1 aliphatic heterocycles. The SMILES string of the molecule is Fc1ccc(C2(CCCS)OCCO2)cc1. The first kappa shape index (κ1) is 11.9. The molecular weight excluding hydrogens is 227 g/mol. The zero-order valence-corrected chi connectivity index (χ0v) is 9.88. The van der Waals surface area contributed by atoms with E-state index in [0.717, 1.165) is 24.2 Å². The molecule has 0 saturated carbocycles. The second-order valence-corrected chi connectivity index (χ2v) is 4.23. The Morgan fingerprint density at radius 2 is 1.81 bits per heavy atom. The molecule has 1 aromatic rings. The summed E-state index contributed by atoms with van der Waals surface area (Å²) >= 11 is 4.19. The summed E-state index contributed by atoms with van der Waals surface area (Å²) in [6.07, 6.45) is 1.66. The Bertz CT molecular complexity index is 333. The minimum Gasteiger partial charge on any atom is -0.343 e.